The maximum Gasteiger partial charge on any atom is 0.226 e. The SMILES string of the molecule is CC(C)CCOCCOCCC(=O)Nc1ccc(COC(C)C)cc1. The molecule has 1 amide bonds. The molecule has 0 aliphatic heterocycles. The van der Waals surface area contributed by atoms with Gasteiger partial charge in [-0.25, -0.2) is 0 Å². The van der Waals surface area contributed by atoms with Crippen molar-refractivity contribution in [3.63, 3.8) is 0 Å². The summed E-state index contributed by atoms with van der Waals surface area (Å²) in [5, 5.41) is 2.87. The lowest BCUT2D eigenvalue weighted by Crippen LogP contribution is -2.15. The van der Waals surface area contributed by atoms with Gasteiger partial charge in [-0.05, 0) is 43.9 Å². The number of ether oxygens (including phenoxy) is 3. The van der Waals surface area contributed by atoms with Gasteiger partial charge in [0.05, 0.1) is 39.0 Å². The summed E-state index contributed by atoms with van der Waals surface area (Å²) in [7, 11) is 0. The van der Waals surface area contributed by atoms with Gasteiger partial charge in [0.1, 0.15) is 0 Å². The zero-order valence-corrected chi connectivity index (χ0v) is 16.0. The van der Waals surface area contributed by atoms with Gasteiger partial charge in [-0.2, -0.15) is 0 Å². The first-order valence-corrected chi connectivity index (χ1v) is 9.13. The summed E-state index contributed by atoms with van der Waals surface area (Å²) < 4.78 is 16.4. The Balaban J connectivity index is 2.10. The van der Waals surface area contributed by atoms with Crippen LogP contribution in [0.5, 0.6) is 0 Å². The smallest absolute Gasteiger partial charge is 0.226 e. The van der Waals surface area contributed by atoms with E-state index in [1.807, 2.05) is 38.1 Å². The second-order valence-electron chi connectivity index (χ2n) is 6.76. The number of carbonyl (C=O) groups excluding carboxylic acids is 1. The maximum absolute atomic E-state index is 11.9. The molecule has 142 valence electrons. The zero-order chi connectivity index (χ0) is 18.5. The van der Waals surface area contributed by atoms with E-state index in [0.29, 0.717) is 38.8 Å². The Labute approximate surface area is 152 Å². The molecule has 1 N–H and O–H groups in total. The summed E-state index contributed by atoms with van der Waals surface area (Å²) in [6.07, 6.45) is 1.61. The first-order chi connectivity index (χ1) is 12.0. The molecule has 0 aliphatic carbocycles. The molecule has 1 aromatic carbocycles. The van der Waals surface area contributed by atoms with Crippen LogP contribution in [0, 0.1) is 5.92 Å². The minimum atomic E-state index is -0.0492. The summed E-state index contributed by atoms with van der Waals surface area (Å²) in [5.74, 6) is 0.605. The molecule has 1 rings (SSSR count). The Bertz CT molecular complexity index is 471. The van der Waals surface area contributed by atoms with Crippen molar-refractivity contribution in [1.82, 2.24) is 0 Å². The molecule has 25 heavy (non-hydrogen) atoms. The molecule has 0 saturated carbocycles. The van der Waals surface area contributed by atoms with Crippen molar-refractivity contribution < 1.29 is 19.0 Å². The predicted octanol–water partition coefficient (Wildman–Crippen LogP) is 4.02. The summed E-state index contributed by atoms with van der Waals surface area (Å²) in [6, 6.07) is 7.70. The first kappa shape index (κ1) is 21.6. The third kappa shape index (κ3) is 11.7. The van der Waals surface area contributed by atoms with Gasteiger partial charge >= 0.3 is 0 Å². The minimum absolute atomic E-state index is 0.0492. The van der Waals surface area contributed by atoms with Gasteiger partial charge in [0, 0.05) is 12.3 Å². The van der Waals surface area contributed by atoms with Gasteiger partial charge in [-0.1, -0.05) is 26.0 Å². The normalized spacial score (nSPS) is 11.3. The van der Waals surface area contributed by atoms with Crippen molar-refractivity contribution in [1.29, 1.82) is 0 Å². The Morgan fingerprint density at radius 1 is 0.960 bits per heavy atom. The molecule has 0 saturated heterocycles. The van der Waals surface area contributed by atoms with Gasteiger partial charge in [-0.15, -0.1) is 0 Å². The van der Waals surface area contributed by atoms with E-state index in [4.69, 9.17) is 14.2 Å². The third-order valence-corrected chi connectivity index (χ3v) is 3.51. The Hall–Kier alpha value is -1.43. The van der Waals surface area contributed by atoms with Crippen LogP contribution >= 0.6 is 0 Å². The molecule has 5 nitrogen and oxygen atoms in total. The van der Waals surface area contributed by atoms with Crippen LogP contribution in [0.15, 0.2) is 24.3 Å². The summed E-state index contributed by atoms with van der Waals surface area (Å²) in [6.45, 7) is 11.2. The van der Waals surface area contributed by atoms with Gasteiger partial charge in [0.15, 0.2) is 0 Å². The highest BCUT2D eigenvalue weighted by Gasteiger charge is 2.03. The van der Waals surface area contributed by atoms with E-state index in [0.717, 1.165) is 24.3 Å². The van der Waals surface area contributed by atoms with Crippen LogP contribution in [-0.4, -0.2) is 38.4 Å². The van der Waals surface area contributed by atoms with Crippen LogP contribution in [0.25, 0.3) is 0 Å². The Kier molecular flexibility index (Phi) is 11.1. The third-order valence-electron chi connectivity index (χ3n) is 3.51. The number of amides is 1. The quantitative estimate of drug-likeness (QED) is 0.545. The van der Waals surface area contributed by atoms with Crippen molar-refractivity contribution in [2.75, 3.05) is 31.7 Å². The van der Waals surface area contributed by atoms with Crippen LogP contribution in [0.2, 0.25) is 0 Å². The summed E-state index contributed by atoms with van der Waals surface area (Å²) in [5.41, 5.74) is 1.88. The fraction of sp³-hybridized carbons (Fsp3) is 0.650. The molecule has 0 bridgehead atoms. The van der Waals surface area contributed by atoms with Crippen LogP contribution in [0.4, 0.5) is 5.69 Å². The first-order valence-electron chi connectivity index (χ1n) is 9.13. The molecule has 0 unspecified atom stereocenters. The van der Waals surface area contributed by atoms with Crippen molar-refractivity contribution in [2.24, 2.45) is 5.92 Å². The molecule has 0 aliphatic rings. The van der Waals surface area contributed by atoms with Crippen molar-refractivity contribution >= 4 is 11.6 Å². The van der Waals surface area contributed by atoms with E-state index in [1.165, 1.54) is 0 Å². The van der Waals surface area contributed by atoms with Crippen LogP contribution < -0.4 is 5.32 Å². The van der Waals surface area contributed by atoms with E-state index in [2.05, 4.69) is 19.2 Å². The van der Waals surface area contributed by atoms with Crippen LogP contribution in [0.3, 0.4) is 0 Å². The Morgan fingerprint density at radius 2 is 1.60 bits per heavy atom. The van der Waals surface area contributed by atoms with Crippen molar-refractivity contribution in [3.05, 3.63) is 29.8 Å². The summed E-state index contributed by atoms with van der Waals surface area (Å²) >= 11 is 0. The lowest BCUT2D eigenvalue weighted by molar-refractivity contribution is -0.117. The molecule has 5 heteroatoms. The fourth-order valence-electron chi connectivity index (χ4n) is 1.98. The molecular weight excluding hydrogens is 318 g/mol. The Morgan fingerprint density at radius 3 is 2.20 bits per heavy atom. The highest BCUT2D eigenvalue weighted by Crippen LogP contribution is 2.11. The predicted molar refractivity (Wildman–Crippen MR) is 101 cm³/mol. The molecule has 0 spiro atoms. The number of rotatable bonds is 13. The van der Waals surface area contributed by atoms with E-state index >= 15 is 0 Å². The molecule has 0 heterocycles. The number of hydrogen-bond donors (Lipinski definition) is 1. The highest BCUT2D eigenvalue weighted by molar-refractivity contribution is 5.90. The number of anilines is 1. The lowest BCUT2D eigenvalue weighted by Gasteiger charge is -2.09. The van der Waals surface area contributed by atoms with Crippen molar-refractivity contribution in [2.45, 2.75) is 53.2 Å². The standard InChI is InChI=1S/C20H33NO4/c1-16(2)9-11-23-13-14-24-12-10-20(22)21-19-7-5-18(6-8-19)15-25-17(3)4/h5-8,16-17H,9-15H2,1-4H3,(H,21,22). The van der Waals surface area contributed by atoms with E-state index in [-0.39, 0.29) is 12.0 Å². The van der Waals surface area contributed by atoms with Gasteiger partial charge in [-0.3, -0.25) is 4.79 Å². The monoisotopic (exact) mass is 351 g/mol. The number of hydrogen-bond acceptors (Lipinski definition) is 4. The van der Waals surface area contributed by atoms with Crippen LogP contribution in [0.1, 0.15) is 46.1 Å². The topological polar surface area (TPSA) is 56.8 Å². The molecule has 1 aromatic rings. The molecule has 0 fully saturated rings. The lowest BCUT2D eigenvalue weighted by atomic mass is 10.1. The molecule has 0 radical (unpaired) electrons. The average molecular weight is 351 g/mol. The highest BCUT2D eigenvalue weighted by atomic mass is 16.5. The minimum Gasteiger partial charge on any atom is -0.379 e. The van der Waals surface area contributed by atoms with Gasteiger partial charge < -0.3 is 19.5 Å². The average Bonchev–Trinajstić information content (AvgIpc) is 2.56. The second kappa shape index (κ2) is 12.9. The van der Waals surface area contributed by atoms with E-state index < -0.39 is 0 Å². The van der Waals surface area contributed by atoms with Gasteiger partial charge in [0.2, 0.25) is 5.91 Å². The number of carbonyl (C=O) groups is 1. The van der Waals surface area contributed by atoms with E-state index in [9.17, 15) is 4.79 Å². The number of benzene rings is 1. The molecule has 0 atom stereocenters. The fourth-order valence-corrected chi connectivity index (χ4v) is 1.98. The van der Waals surface area contributed by atoms with Crippen molar-refractivity contribution in [3.8, 4) is 0 Å². The van der Waals surface area contributed by atoms with Crippen LogP contribution in [-0.2, 0) is 25.6 Å². The molecular formula is C20H33NO4. The summed E-state index contributed by atoms with van der Waals surface area (Å²) in [4.78, 5) is 11.9. The second-order valence-corrected chi connectivity index (χ2v) is 6.76. The van der Waals surface area contributed by atoms with E-state index in [1.54, 1.807) is 0 Å². The van der Waals surface area contributed by atoms with Gasteiger partial charge in [0.25, 0.3) is 0 Å². The molecule has 0 aromatic heterocycles. The maximum atomic E-state index is 11.9. The zero-order valence-electron chi connectivity index (χ0n) is 16.0. The largest absolute Gasteiger partial charge is 0.379 e. The number of nitrogens with one attached hydrogen (secondary N) is 1.